The minimum absolute atomic E-state index is 0.0452. The summed E-state index contributed by atoms with van der Waals surface area (Å²) in [6.07, 6.45) is 0.292. The van der Waals surface area contributed by atoms with E-state index in [1.807, 2.05) is 0 Å². The van der Waals surface area contributed by atoms with Crippen LogP contribution in [0.25, 0.3) is 0 Å². The van der Waals surface area contributed by atoms with Gasteiger partial charge in [0.05, 0.1) is 32.5 Å². The molecule has 0 saturated carbocycles. The molecule has 0 unspecified atom stereocenters. The fourth-order valence-electron chi connectivity index (χ4n) is 2.55. The lowest BCUT2D eigenvalue weighted by atomic mass is 9.87. The summed E-state index contributed by atoms with van der Waals surface area (Å²) < 4.78 is 14.9. The number of hydrogen-bond acceptors (Lipinski definition) is 7. The Morgan fingerprint density at radius 1 is 0.818 bits per heavy atom. The van der Waals surface area contributed by atoms with Crippen LogP contribution in [-0.4, -0.2) is 43.1 Å². The molecule has 7 heteroatoms. The third kappa shape index (κ3) is 1.89. The van der Waals surface area contributed by atoms with Crippen molar-refractivity contribution < 1.29 is 34.0 Å². The van der Waals surface area contributed by atoms with E-state index >= 15 is 0 Å². The molecule has 0 atom stereocenters. The number of allylic oxidation sites excluding steroid dienone is 2. The van der Waals surface area contributed by atoms with Crippen LogP contribution in [0.2, 0.25) is 0 Å². The molecule has 2 rings (SSSR count). The van der Waals surface area contributed by atoms with Crippen LogP contribution in [0, 0.1) is 0 Å². The molecular weight excluding hydrogens is 292 g/mol. The second-order valence-corrected chi connectivity index (χ2v) is 4.54. The summed E-state index contributed by atoms with van der Waals surface area (Å²) >= 11 is 0. The molecule has 0 radical (unpaired) electrons. The largest absolute Gasteiger partial charge is 0.507 e. The van der Waals surface area contributed by atoms with E-state index in [4.69, 9.17) is 14.2 Å². The Hall–Kier alpha value is -2.70. The second kappa shape index (κ2) is 5.59. The predicted octanol–water partition coefficient (Wildman–Crippen LogP) is 1.55. The van der Waals surface area contributed by atoms with E-state index in [9.17, 15) is 19.8 Å². The van der Waals surface area contributed by atoms with Crippen molar-refractivity contribution in [2.24, 2.45) is 0 Å². The molecule has 7 nitrogen and oxygen atoms in total. The molecule has 0 aliphatic heterocycles. The molecule has 118 valence electrons. The second-order valence-electron chi connectivity index (χ2n) is 4.54. The molecule has 1 aromatic carbocycles. The molecule has 1 aliphatic carbocycles. The number of fused-ring (bicyclic) bond motifs is 1. The highest BCUT2D eigenvalue weighted by molar-refractivity contribution is 6.28. The third-order valence-electron chi connectivity index (χ3n) is 3.54. The van der Waals surface area contributed by atoms with Crippen LogP contribution in [0.15, 0.2) is 11.5 Å². The van der Waals surface area contributed by atoms with Crippen molar-refractivity contribution in [1.29, 1.82) is 0 Å². The summed E-state index contributed by atoms with van der Waals surface area (Å²) in [5, 5.41) is 20.7. The van der Waals surface area contributed by atoms with E-state index in [0.29, 0.717) is 6.42 Å². The number of benzene rings is 1. The van der Waals surface area contributed by atoms with Gasteiger partial charge in [0, 0.05) is 5.56 Å². The zero-order chi connectivity index (χ0) is 16.6. The van der Waals surface area contributed by atoms with Crippen molar-refractivity contribution in [3.63, 3.8) is 0 Å². The van der Waals surface area contributed by atoms with E-state index in [2.05, 4.69) is 0 Å². The molecule has 2 N–H and O–H groups in total. The average Bonchev–Trinajstić information content (AvgIpc) is 2.51. The normalized spacial score (nSPS) is 14.0. The van der Waals surface area contributed by atoms with Crippen molar-refractivity contribution in [3.05, 3.63) is 28.2 Å². The minimum Gasteiger partial charge on any atom is -0.507 e. The van der Waals surface area contributed by atoms with Gasteiger partial charge in [-0.3, -0.25) is 9.59 Å². The number of carbonyl (C=O) groups excluding carboxylic acids is 2. The summed E-state index contributed by atoms with van der Waals surface area (Å²) in [4.78, 5) is 24.9. The molecule has 1 aromatic rings. The van der Waals surface area contributed by atoms with Gasteiger partial charge >= 0.3 is 0 Å². The van der Waals surface area contributed by atoms with Crippen molar-refractivity contribution in [2.75, 3.05) is 21.3 Å². The number of carbonyl (C=O) groups is 2. The number of rotatable bonds is 4. The zero-order valence-electron chi connectivity index (χ0n) is 12.6. The Balaban J connectivity index is 2.91. The number of phenolic OH excluding ortho intramolecular Hbond substituents is 2. The van der Waals surface area contributed by atoms with Gasteiger partial charge in [-0.2, -0.15) is 0 Å². The number of aromatic hydroxyl groups is 2. The molecule has 1 aliphatic rings. The van der Waals surface area contributed by atoms with Gasteiger partial charge in [-0.15, -0.1) is 0 Å². The van der Waals surface area contributed by atoms with Crippen molar-refractivity contribution >= 4 is 11.6 Å². The lowest BCUT2D eigenvalue weighted by Crippen LogP contribution is -2.25. The van der Waals surface area contributed by atoms with Crippen LogP contribution in [0.5, 0.6) is 17.2 Å². The molecule has 0 fully saturated rings. The molecule has 0 saturated heterocycles. The van der Waals surface area contributed by atoms with E-state index in [0.717, 1.165) is 0 Å². The van der Waals surface area contributed by atoms with Crippen LogP contribution in [0.1, 0.15) is 33.2 Å². The maximum Gasteiger partial charge on any atom is 0.236 e. The molecule has 0 heterocycles. The number of ketones is 2. The first-order valence-corrected chi connectivity index (χ1v) is 6.50. The average molecular weight is 308 g/mol. The molecule has 22 heavy (non-hydrogen) atoms. The van der Waals surface area contributed by atoms with Gasteiger partial charge in [0.25, 0.3) is 0 Å². The highest BCUT2D eigenvalue weighted by Gasteiger charge is 2.41. The van der Waals surface area contributed by atoms with Crippen LogP contribution in [0.4, 0.5) is 0 Å². The number of phenols is 2. The van der Waals surface area contributed by atoms with E-state index in [1.54, 1.807) is 6.92 Å². The maximum absolute atomic E-state index is 12.5. The Labute approximate surface area is 126 Å². The predicted molar refractivity (Wildman–Crippen MR) is 75.4 cm³/mol. The minimum atomic E-state index is -0.761. The number of hydrogen-bond donors (Lipinski definition) is 2. The first-order chi connectivity index (χ1) is 10.4. The fourth-order valence-corrected chi connectivity index (χ4v) is 2.55. The highest BCUT2D eigenvalue weighted by Crippen LogP contribution is 2.46. The summed E-state index contributed by atoms with van der Waals surface area (Å²) in [5.41, 5.74) is -0.428. The zero-order valence-corrected chi connectivity index (χ0v) is 12.6. The monoisotopic (exact) mass is 308 g/mol. The summed E-state index contributed by atoms with van der Waals surface area (Å²) in [7, 11) is 3.72. The highest BCUT2D eigenvalue weighted by atomic mass is 16.5. The first kappa shape index (κ1) is 15.7. The Morgan fingerprint density at radius 3 is 1.64 bits per heavy atom. The van der Waals surface area contributed by atoms with Gasteiger partial charge in [0.2, 0.25) is 23.1 Å². The summed E-state index contributed by atoms with van der Waals surface area (Å²) in [6, 6.07) is 0. The van der Waals surface area contributed by atoms with E-state index in [-0.39, 0.29) is 34.0 Å². The smallest absolute Gasteiger partial charge is 0.236 e. The van der Waals surface area contributed by atoms with Crippen LogP contribution in [0.3, 0.4) is 0 Å². The van der Waals surface area contributed by atoms with Crippen molar-refractivity contribution in [3.8, 4) is 17.2 Å². The maximum atomic E-state index is 12.5. The number of ether oxygens (including phenoxy) is 3. The van der Waals surface area contributed by atoms with E-state index < -0.39 is 23.1 Å². The topological polar surface area (TPSA) is 102 Å². The molecular formula is C15H16O7. The lowest BCUT2D eigenvalue weighted by Gasteiger charge is -2.23. The first-order valence-electron chi connectivity index (χ1n) is 6.50. The third-order valence-corrected chi connectivity index (χ3v) is 3.54. The van der Waals surface area contributed by atoms with Crippen LogP contribution >= 0.6 is 0 Å². The Kier molecular flexibility index (Phi) is 3.99. The molecule has 0 aromatic heterocycles. The van der Waals surface area contributed by atoms with Crippen molar-refractivity contribution in [1.82, 2.24) is 0 Å². The molecule has 0 spiro atoms. The van der Waals surface area contributed by atoms with Crippen LogP contribution in [-0.2, 0) is 15.9 Å². The fraction of sp³-hybridized carbons (Fsp3) is 0.333. The van der Waals surface area contributed by atoms with Gasteiger partial charge < -0.3 is 24.4 Å². The van der Waals surface area contributed by atoms with Gasteiger partial charge in [0.1, 0.15) is 5.75 Å². The molecule has 0 amide bonds. The van der Waals surface area contributed by atoms with Gasteiger partial charge in [-0.05, 0) is 6.42 Å². The Morgan fingerprint density at radius 2 is 1.27 bits per heavy atom. The van der Waals surface area contributed by atoms with Gasteiger partial charge in [-0.25, -0.2) is 0 Å². The van der Waals surface area contributed by atoms with Crippen molar-refractivity contribution in [2.45, 2.75) is 13.3 Å². The van der Waals surface area contributed by atoms with E-state index in [1.165, 1.54) is 21.3 Å². The lowest BCUT2D eigenvalue weighted by molar-refractivity contribution is 0.0823. The quantitative estimate of drug-likeness (QED) is 0.813. The van der Waals surface area contributed by atoms with Crippen LogP contribution < -0.4 is 4.74 Å². The number of methoxy groups -OCH3 is 3. The standard InChI is InChI=1S/C15H16O7/c1-5-6-9(16)7-8(10(17)13(6)20-2)12(19)15(22-4)14(21-3)11(7)18/h16-17H,5H2,1-4H3. The van der Waals surface area contributed by atoms with Gasteiger partial charge in [-0.1, -0.05) is 6.92 Å². The van der Waals surface area contributed by atoms with Gasteiger partial charge in [0.15, 0.2) is 11.5 Å². The number of Topliss-reactive ketones (excluding diaryl/α,β-unsaturated/α-hetero) is 2. The summed E-state index contributed by atoms with van der Waals surface area (Å²) in [6.45, 7) is 1.71. The molecule has 0 bridgehead atoms. The summed E-state index contributed by atoms with van der Waals surface area (Å²) in [5.74, 6) is -3.11. The SMILES string of the molecule is CCc1c(O)c2c(c(O)c1OC)C(=O)C(OC)=C(OC)C2=O. The Bertz CT molecular complexity index is 642.